The second-order valence-corrected chi connectivity index (χ2v) is 11.1. The van der Waals surface area contributed by atoms with Crippen LogP contribution in [0.25, 0.3) is 11.1 Å². The molecule has 1 aliphatic rings. The standard InChI is InChI=1S/C34H37N/c1-20-10-12-30-31-13-11-27(19-33(31)34(8,9)32(30)14-20)35(28-15-21(2)25(6)22(3)16-28)29-17-23(4)26(7)24(5)18-29/h10-19H,1-9H3. The van der Waals surface area contributed by atoms with Gasteiger partial charge in [-0.2, -0.15) is 0 Å². The van der Waals surface area contributed by atoms with Crippen molar-refractivity contribution >= 4 is 17.1 Å². The van der Waals surface area contributed by atoms with Gasteiger partial charge in [0.25, 0.3) is 0 Å². The predicted molar refractivity (Wildman–Crippen MR) is 152 cm³/mol. The molecule has 0 atom stereocenters. The molecular weight excluding hydrogens is 422 g/mol. The van der Waals surface area contributed by atoms with Gasteiger partial charge in [0.2, 0.25) is 0 Å². The molecule has 1 aliphatic carbocycles. The Morgan fingerprint density at radius 2 is 0.914 bits per heavy atom. The van der Waals surface area contributed by atoms with E-state index >= 15 is 0 Å². The van der Waals surface area contributed by atoms with Gasteiger partial charge in [-0.3, -0.25) is 0 Å². The molecule has 4 aromatic carbocycles. The van der Waals surface area contributed by atoms with Crippen molar-refractivity contribution in [3.63, 3.8) is 0 Å². The summed E-state index contributed by atoms with van der Waals surface area (Å²) in [4.78, 5) is 2.45. The van der Waals surface area contributed by atoms with Crippen molar-refractivity contribution in [2.45, 2.75) is 67.7 Å². The average molecular weight is 460 g/mol. The summed E-state index contributed by atoms with van der Waals surface area (Å²) in [5.41, 5.74) is 18.6. The second-order valence-electron chi connectivity index (χ2n) is 11.1. The Labute approximate surface area is 211 Å². The summed E-state index contributed by atoms with van der Waals surface area (Å²) in [6, 6.07) is 23.3. The fraction of sp³-hybridized carbons (Fsp3) is 0.294. The van der Waals surface area contributed by atoms with E-state index in [0.29, 0.717) is 0 Å². The first-order chi connectivity index (χ1) is 16.5. The van der Waals surface area contributed by atoms with E-state index in [1.54, 1.807) is 0 Å². The van der Waals surface area contributed by atoms with Gasteiger partial charge in [0, 0.05) is 22.5 Å². The Morgan fingerprint density at radius 1 is 0.486 bits per heavy atom. The van der Waals surface area contributed by atoms with E-state index in [0.717, 1.165) is 0 Å². The van der Waals surface area contributed by atoms with Crippen molar-refractivity contribution in [3.05, 3.63) is 111 Å². The average Bonchev–Trinajstić information content (AvgIpc) is 3.02. The molecule has 0 saturated heterocycles. The predicted octanol–water partition coefficient (Wildman–Crippen LogP) is 9.62. The largest absolute Gasteiger partial charge is 0.310 e. The molecule has 0 radical (unpaired) electrons. The van der Waals surface area contributed by atoms with Crippen molar-refractivity contribution < 1.29 is 0 Å². The normalized spacial score (nSPS) is 13.5. The quantitative estimate of drug-likeness (QED) is 0.295. The maximum Gasteiger partial charge on any atom is 0.0467 e. The highest BCUT2D eigenvalue weighted by Crippen LogP contribution is 2.51. The van der Waals surface area contributed by atoms with Gasteiger partial charge in [0.15, 0.2) is 0 Å². The monoisotopic (exact) mass is 459 g/mol. The first-order valence-corrected chi connectivity index (χ1v) is 12.7. The number of nitrogens with zero attached hydrogens (tertiary/aromatic N) is 1. The van der Waals surface area contributed by atoms with E-state index < -0.39 is 0 Å². The number of rotatable bonds is 3. The molecule has 0 unspecified atom stereocenters. The fourth-order valence-corrected chi connectivity index (χ4v) is 5.71. The van der Waals surface area contributed by atoms with Crippen molar-refractivity contribution in [1.82, 2.24) is 0 Å². The maximum atomic E-state index is 2.45. The lowest BCUT2D eigenvalue weighted by Crippen LogP contribution is -2.17. The van der Waals surface area contributed by atoms with Gasteiger partial charge in [-0.25, -0.2) is 0 Å². The molecular formula is C34H37N. The molecule has 0 fully saturated rings. The van der Waals surface area contributed by atoms with E-state index in [9.17, 15) is 0 Å². The van der Waals surface area contributed by atoms with Crippen LogP contribution in [0.2, 0.25) is 0 Å². The third-order valence-corrected chi connectivity index (χ3v) is 8.41. The van der Waals surface area contributed by atoms with Gasteiger partial charge < -0.3 is 4.90 Å². The Kier molecular flexibility index (Phi) is 5.44. The minimum Gasteiger partial charge on any atom is -0.310 e. The van der Waals surface area contributed by atoms with Crippen LogP contribution in [0.1, 0.15) is 63.9 Å². The molecule has 1 heteroatoms. The molecule has 0 aromatic heterocycles. The topological polar surface area (TPSA) is 3.24 Å². The highest BCUT2D eigenvalue weighted by molar-refractivity contribution is 5.86. The Bertz CT molecular complexity index is 1380. The molecule has 0 amide bonds. The molecule has 0 aliphatic heterocycles. The van der Waals surface area contributed by atoms with Crippen molar-refractivity contribution in [1.29, 1.82) is 0 Å². The maximum absolute atomic E-state index is 2.45. The number of anilines is 3. The van der Waals surface area contributed by atoms with Gasteiger partial charge >= 0.3 is 0 Å². The molecule has 0 bridgehead atoms. The summed E-state index contributed by atoms with van der Waals surface area (Å²) in [6.07, 6.45) is 0. The van der Waals surface area contributed by atoms with Gasteiger partial charge in [0.05, 0.1) is 0 Å². The van der Waals surface area contributed by atoms with Crippen LogP contribution in [0.15, 0.2) is 60.7 Å². The van der Waals surface area contributed by atoms with Crippen molar-refractivity contribution in [2.24, 2.45) is 0 Å². The number of hydrogen-bond donors (Lipinski definition) is 0. The highest BCUT2D eigenvalue weighted by Gasteiger charge is 2.36. The van der Waals surface area contributed by atoms with Crippen LogP contribution in [-0.4, -0.2) is 0 Å². The van der Waals surface area contributed by atoms with Gasteiger partial charge in [0.1, 0.15) is 0 Å². The van der Waals surface area contributed by atoms with E-state index in [2.05, 4.69) is 128 Å². The highest BCUT2D eigenvalue weighted by atomic mass is 15.1. The molecule has 35 heavy (non-hydrogen) atoms. The molecule has 1 nitrogen and oxygen atoms in total. The number of aryl methyl sites for hydroxylation is 5. The third-order valence-electron chi connectivity index (χ3n) is 8.41. The summed E-state index contributed by atoms with van der Waals surface area (Å²) in [6.45, 7) is 20.3. The third kappa shape index (κ3) is 3.69. The fourth-order valence-electron chi connectivity index (χ4n) is 5.71. The summed E-state index contributed by atoms with van der Waals surface area (Å²) in [5, 5.41) is 0. The van der Waals surface area contributed by atoms with Crippen molar-refractivity contribution in [3.8, 4) is 11.1 Å². The van der Waals surface area contributed by atoms with Crippen LogP contribution in [0.4, 0.5) is 17.1 Å². The minimum absolute atomic E-state index is 0.0312. The first kappa shape index (κ1) is 23.4. The summed E-state index contributed by atoms with van der Waals surface area (Å²) in [5.74, 6) is 0. The molecule has 0 saturated carbocycles. The van der Waals surface area contributed by atoms with Gasteiger partial charge in [-0.05, 0) is 140 Å². The van der Waals surface area contributed by atoms with Crippen LogP contribution < -0.4 is 4.90 Å². The van der Waals surface area contributed by atoms with Gasteiger partial charge in [-0.1, -0.05) is 43.7 Å². The smallest absolute Gasteiger partial charge is 0.0467 e. The molecule has 0 N–H and O–H groups in total. The van der Waals surface area contributed by atoms with Crippen LogP contribution >= 0.6 is 0 Å². The molecule has 0 heterocycles. The van der Waals surface area contributed by atoms with E-state index in [4.69, 9.17) is 0 Å². The van der Waals surface area contributed by atoms with Crippen LogP contribution in [0, 0.1) is 48.5 Å². The Morgan fingerprint density at radius 3 is 1.40 bits per heavy atom. The Balaban J connectivity index is 1.75. The molecule has 5 rings (SSSR count). The minimum atomic E-state index is -0.0312. The number of fused-ring (bicyclic) bond motifs is 3. The second kappa shape index (κ2) is 8.12. The SMILES string of the molecule is Cc1ccc2c(c1)C(C)(C)c1cc(N(c3cc(C)c(C)c(C)c3)c3cc(C)c(C)c(C)c3)ccc1-2. The lowest BCUT2D eigenvalue weighted by molar-refractivity contribution is 0.660. The van der Waals surface area contributed by atoms with E-state index in [-0.39, 0.29) is 5.41 Å². The number of hydrogen-bond acceptors (Lipinski definition) is 1. The van der Waals surface area contributed by atoms with Crippen molar-refractivity contribution in [2.75, 3.05) is 4.90 Å². The lowest BCUT2D eigenvalue weighted by atomic mass is 9.82. The number of benzene rings is 4. The summed E-state index contributed by atoms with van der Waals surface area (Å²) in [7, 11) is 0. The molecule has 4 aromatic rings. The van der Waals surface area contributed by atoms with E-state index in [1.165, 1.54) is 78.3 Å². The zero-order valence-electron chi connectivity index (χ0n) is 22.7. The summed E-state index contributed by atoms with van der Waals surface area (Å²) < 4.78 is 0. The van der Waals surface area contributed by atoms with Crippen LogP contribution in [-0.2, 0) is 5.41 Å². The molecule has 178 valence electrons. The van der Waals surface area contributed by atoms with Gasteiger partial charge in [-0.15, -0.1) is 0 Å². The van der Waals surface area contributed by atoms with Crippen LogP contribution in [0.5, 0.6) is 0 Å². The zero-order valence-corrected chi connectivity index (χ0v) is 22.7. The lowest BCUT2D eigenvalue weighted by Gasteiger charge is -2.30. The molecule has 0 spiro atoms. The van der Waals surface area contributed by atoms with E-state index in [1.807, 2.05) is 0 Å². The Hall–Kier alpha value is -3.32. The zero-order chi connectivity index (χ0) is 25.2. The summed E-state index contributed by atoms with van der Waals surface area (Å²) >= 11 is 0. The first-order valence-electron chi connectivity index (χ1n) is 12.7. The van der Waals surface area contributed by atoms with Crippen LogP contribution in [0.3, 0.4) is 0 Å².